The van der Waals surface area contributed by atoms with E-state index in [9.17, 15) is 4.79 Å². The molecular formula is C15H23NO3. The number of methoxy groups -OCH3 is 1. The monoisotopic (exact) mass is 265 g/mol. The molecule has 4 heteroatoms. The van der Waals surface area contributed by atoms with Crippen LogP contribution in [-0.4, -0.2) is 36.7 Å². The summed E-state index contributed by atoms with van der Waals surface area (Å²) >= 11 is 0. The summed E-state index contributed by atoms with van der Waals surface area (Å²) < 4.78 is 5.13. The number of carboxylic acids is 1. The Kier molecular flexibility index (Phi) is 6.36. The largest absolute Gasteiger partial charge is 0.496 e. The fraction of sp³-hybridized carbons (Fsp3) is 0.533. The molecule has 0 radical (unpaired) electrons. The van der Waals surface area contributed by atoms with Gasteiger partial charge in [-0.3, -0.25) is 0 Å². The predicted octanol–water partition coefficient (Wildman–Crippen LogP) is 3.02. The molecule has 106 valence electrons. The molecule has 0 fully saturated rings. The van der Waals surface area contributed by atoms with Crippen molar-refractivity contribution >= 4 is 5.97 Å². The summed E-state index contributed by atoms with van der Waals surface area (Å²) in [6, 6.07) is 5.26. The third-order valence-electron chi connectivity index (χ3n) is 3.09. The average Bonchev–Trinajstić information content (AvgIpc) is 2.38. The number of carboxylic acid groups (broad SMARTS) is 1. The summed E-state index contributed by atoms with van der Waals surface area (Å²) in [6.45, 7) is 4.05. The highest BCUT2D eigenvalue weighted by Crippen LogP contribution is 2.21. The smallest absolute Gasteiger partial charge is 0.339 e. The van der Waals surface area contributed by atoms with Crippen LogP contribution in [0.3, 0.4) is 0 Å². The van der Waals surface area contributed by atoms with Crippen LogP contribution in [0.1, 0.15) is 42.1 Å². The molecule has 0 aliphatic rings. The number of unbranched alkanes of at least 4 members (excludes halogenated alkanes) is 2. The van der Waals surface area contributed by atoms with Crippen molar-refractivity contribution in [2.75, 3.05) is 20.7 Å². The van der Waals surface area contributed by atoms with Gasteiger partial charge in [-0.25, -0.2) is 4.79 Å². The zero-order chi connectivity index (χ0) is 14.3. The minimum absolute atomic E-state index is 0.208. The van der Waals surface area contributed by atoms with Crippen molar-refractivity contribution < 1.29 is 14.6 Å². The molecule has 1 rings (SSSR count). The van der Waals surface area contributed by atoms with E-state index in [4.69, 9.17) is 9.84 Å². The number of hydrogen-bond acceptors (Lipinski definition) is 3. The summed E-state index contributed by atoms with van der Waals surface area (Å²) in [5.41, 5.74) is 1.28. The first-order valence-electron chi connectivity index (χ1n) is 6.67. The maximum Gasteiger partial charge on any atom is 0.339 e. The zero-order valence-electron chi connectivity index (χ0n) is 12.0. The summed E-state index contributed by atoms with van der Waals surface area (Å²) in [5.74, 6) is -0.536. The molecule has 4 nitrogen and oxygen atoms in total. The number of hydrogen-bond donors (Lipinski definition) is 1. The van der Waals surface area contributed by atoms with E-state index >= 15 is 0 Å². The van der Waals surface area contributed by atoms with Gasteiger partial charge in [0.1, 0.15) is 11.3 Å². The van der Waals surface area contributed by atoms with E-state index in [0.717, 1.165) is 18.7 Å². The van der Waals surface area contributed by atoms with Crippen LogP contribution in [0.25, 0.3) is 0 Å². The minimum atomic E-state index is -0.959. The lowest BCUT2D eigenvalue weighted by Crippen LogP contribution is -2.19. The van der Waals surface area contributed by atoms with Crippen molar-refractivity contribution in [3.63, 3.8) is 0 Å². The van der Waals surface area contributed by atoms with E-state index in [1.54, 1.807) is 12.1 Å². The minimum Gasteiger partial charge on any atom is -0.496 e. The number of aromatic carboxylic acids is 1. The summed E-state index contributed by atoms with van der Waals surface area (Å²) in [5, 5.41) is 9.02. The predicted molar refractivity (Wildman–Crippen MR) is 75.8 cm³/mol. The molecule has 0 saturated heterocycles. The SMILES string of the molecule is CCCCCN(C)Cc1ccc(C(=O)O)c(OC)c1. The quantitative estimate of drug-likeness (QED) is 0.734. The van der Waals surface area contributed by atoms with E-state index in [1.165, 1.54) is 26.4 Å². The lowest BCUT2D eigenvalue weighted by molar-refractivity contribution is 0.0693. The molecule has 19 heavy (non-hydrogen) atoms. The average molecular weight is 265 g/mol. The van der Waals surface area contributed by atoms with E-state index in [-0.39, 0.29) is 5.56 Å². The van der Waals surface area contributed by atoms with Crippen molar-refractivity contribution in [3.8, 4) is 5.75 Å². The van der Waals surface area contributed by atoms with Gasteiger partial charge >= 0.3 is 5.97 Å². The summed E-state index contributed by atoms with van der Waals surface area (Å²) in [4.78, 5) is 13.2. The van der Waals surface area contributed by atoms with Gasteiger partial charge in [-0.1, -0.05) is 25.8 Å². The van der Waals surface area contributed by atoms with Crippen LogP contribution < -0.4 is 4.74 Å². The van der Waals surface area contributed by atoms with Crippen LogP contribution in [0.4, 0.5) is 0 Å². The van der Waals surface area contributed by atoms with E-state index < -0.39 is 5.97 Å². The molecule has 0 amide bonds. The highest BCUT2D eigenvalue weighted by Gasteiger charge is 2.11. The van der Waals surface area contributed by atoms with Crippen LogP contribution >= 0.6 is 0 Å². The van der Waals surface area contributed by atoms with E-state index in [0.29, 0.717) is 5.75 Å². The second-order valence-electron chi connectivity index (χ2n) is 4.78. The molecule has 1 aromatic carbocycles. The van der Waals surface area contributed by atoms with Gasteiger partial charge in [0, 0.05) is 6.54 Å². The highest BCUT2D eigenvalue weighted by atomic mass is 16.5. The van der Waals surface area contributed by atoms with Crippen molar-refractivity contribution in [1.29, 1.82) is 0 Å². The third-order valence-corrected chi connectivity index (χ3v) is 3.09. The lowest BCUT2D eigenvalue weighted by Gasteiger charge is -2.17. The van der Waals surface area contributed by atoms with E-state index in [2.05, 4.69) is 18.9 Å². The Bertz CT molecular complexity index is 418. The Morgan fingerprint density at radius 2 is 2.11 bits per heavy atom. The first kappa shape index (κ1) is 15.5. The van der Waals surface area contributed by atoms with Crippen LogP contribution in [0.15, 0.2) is 18.2 Å². The van der Waals surface area contributed by atoms with Gasteiger partial charge in [0.25, 0.3) is 0 Å². The van der Waals surface area contributed by atoms with Crippen molar-refractivity contribution in [2.24, 2.45) is 0 Å². The van der Waals surface area contributed by atoms with Crippen molar-refractivity contribution in [2.45, 2.75) is 32.7 Å². The maximum atomic E-state index is 11.0. The summed E-state index contributed by atoms with van der Waals surface area (Å²) in [6.07, 6.45) is 3.65. The molecule has 0 aliphatic carbocycles. The van der Waals surface area contributed by atoms with Gasteiger partial charge in [0.15, 0.2) is 0 Å². The second kappa shape index (κ2) is 7.79. The van der Waals surface area contributed by atoms with Gasteiger partial charge in [0.2, 0.25) is 0 Å². The standard InChI is InChI=1S/C15H23NO3/c1-4-5-6-9-16(2)11-12-7-8-13(15(17)18)14(10-12)19-3/h7-8,10H,4-6,9,11H2,1-3H3,(H,17,18). The molecular weight excluding hydrogens is 242 g/mol. The molecule has 1 N–H and O–H groups in total. The number of ether oxygens (including phenoxy) is 1. The van der Waals surface area contributed by atoms with Crippen molar-refractivity contribution in [1.82, 2.24) is 4.90 Å². The number of nitrogens with zero attached hydrogens (tertiary/aromatic N) is 1. The molecule has 0 bridgehead atoms. The molecule has 0 unspecified atom stereocenters. The van der Waals surface area contributed by atoms with Crippen LogP contribution in [0.5, 0.6) is 5.75 Å². The van der Waals surface area contributed by atoms with Gasteiger partial charge in [-0.2, -0.15) is 0 Å². The number of carbonyl (C=O) groups is 1. The topological polar surface area (TPSA) is 49.8 Å². The molecule has 1 aromatic rings. The molecule has 0 aliphatic heterocycles. The van der Waals surface area contributed by atoms with Crippen molar-refractivity contribution in [3.05, 3.63) is 29.3 Å². The fourth-order valence-corrected chi connectivity index (χ4v) is 2.03. The van der Waals surface area contributed by atoms with Gasteiger partial charge in [0.05, 0.1) is 7.11 Å². The summed E-state index contributed by atoms with van der Waals surface area (Å²) in [7, 11) is 3.57. The van der Waals surface area contributed by atoms with Gasteiger partial charge in [-0.15, -0.1) is 0 Å². The fourth-order valence-electron chi connectivity index (χ4n) is 2.03. The van der Waals surface area contributed by atoms with Gasteiger partial charge in [-0.05, 0) is 37.7 Å². The van der Waals surface area contributed by atoms with E-state index in [1.807, 2.05) is 6.07 Å². The first-order chi connectivity index (χ1) is 9.08. The second-order valence-corrected chi connectivity index (χ2v) is 4.78. The lowest BCUT2D eigenvalue weighted by atomic mass is 10.1. The molecule has 0 aromatic heterocycles. The highest BCUT2D eigenvalue weighted by molar-refractivity contribution is 5.90. The van der Waals surface area contributed by atoms with Crippen LogP contribution in [-0.2, 0) is 6.54 Å². The third kappa shape index (κ3) is 4.91. The maximum absolute atomic E-state index is 11.0. The molecule has 0 atom stereocenters. The molecule has 0 saturated carbocycles. The van der Waals surface area contributed by atoms with Crippen LogP contribution in [0, 0.1) is 0 Å². The molecule has 0 spiro atoms. The Labute approximate surface area is 115 Å². The Hall–Kier alpha value is -1.55. The normalized spacial score (nSPS) is 10.7. The number of rotatable bonds is 8. The Morgan fingerprint density at radius 1 is 1.37 bits per heavy atom. The first-order valence-corrected chi connectivity index (χ1v) is 6.67. The van der Waals surface area contributed by atoms with Gasteiger partial charge < -0.3 is 14.7 Å². The Balaban J connectivity index is 2.66. The zero-order valence-corrected chi connectivity index (χ0v) is 12.0. The Morgan fingerprint density at radius 3 is 2.68 bits per heavy atom. The van der Waals surface area contributed by atoms with Crippen LogP contribution in [0.2, 0.25) is 0 Å². The molecule has 0 heterocycles. The number of benzene rings is 1.